The molecule has 0 aromatic heterocycles. The Morgan fingerprint density at radius 2 is 1.08 bits per heavy atom. The zero-order valence-electron chi connectivity index (χ0n) is 19.3. The summed E-state index contributed by atoms with van der Waals surface area (Å²) < 4.78 is 22.7. The van der Waals surface area contributed by atoms with Crippen LogP contribution < -0.4 is 0 Å². The van der Waals surface area contributed by atoms with Gasteiger partial charge in [-0.25, -0.2) is 0 Å². The summed E-state index contributed by atoms with van der Waals surface area (Å²) in [7, 11) is 0. The first-order valence-electron chi connectivity index (χ1n) is 11.7. The summed E-state index contributed by atoms with van der Waals surface area (Å²) in [6.45, 7) is -1.07. The maximum absolute atomic E-state index is 10.6. The summed E-state index contributed by atoms with van der Waals surface area (Å²) in [5, 5.41) is 70.9. The first-order valence-corrected chi connectivity index (χ1v) is 11.7. The lowest BCUT2D eigenvalue weighted by atomic mass is 9.97. The number of hydrogen-bond acceptors (Lipinski definition) is 11. The highest BCUT2D eigenvalue weighted by atomic mass is 16.7. The molecule has 2 aromatic rings. The maximum Gasteiger partial charge on any atom is 0.187 e. The first-order chi connectivity index (χ1) is 17.3. The largest absolute Gasteiger partial charge is 0.394 e. The molecule has 4 rings (SSSR count). The minimum atomic E-state index is -1.65. The summed E-state index contributed by atoms with van der Waals surface area (Å²) >= 11 is 0. The summed E-state index contributed by atoms with van der Waals surface area (Å²) in [6, 6.07) is 18.4. The molecule has 2 aliphatic heterocycles. The molecule has 2 heterocycles. The monoisotopic (exact) mass is 508 g/mol. The van der Waals surface area contributed by atoms with Crippen LogP contribution in [0.2, 0.25) is 0 Å². The Labute approximate surface area is 207 Å². The standard InChI is InChI=1S/C25H32O11/c26-11-15-17(27)19(29)21(31)24(34-15)33-12-16-18(28)20(30)22(32)25(35-16)36-23(13-7-3-1-4-8-13)14-9-5-2-6-10-14/h1-10,15-32H,11-12H2/t15-,16-,17-,18-,19+,20+,21-,22-,24-,25+/m1/s1. The van der Waals surface area contributed by atoms with Crippen molar-refractivity contribution in [2.24, 2.45) is 0 Å². The molecule has 0 saturated carbocycles. The van der Waals surface area contributed by atoms with E-state index in [1.807, 2.05) is 60.7 Å². The minimum Gasteiger partial charge on any atom is -0.394 e. The highest BCUT2D eigenvalue weighted by Gasteiger charge is 2.48. The van der Waals surface area contributed by atoms with E-state index in [4.69, 9.17) is 18.9 Å². The molecule has 2 aromatic carbocycles. The molecule has 0 unspecified atom stereocenters. The van der Waals surface area contributed by atoms with Crippen LogP contribution in [0.1, 0.15) is 17.2 Å². The average molecular weight is 509 g/mol. The second-order valence-electron chi connectivity index (χ2n) is 8.88. The van der Waals surface area contributed by atoms with E-state index in [1.54, 1.807) is 0 Å². The van der Waals surface area contributed by atoms with Gasteiger partial charge in [-0.3, -0.25) is 0 Å². The topological polar surface area (TPSA) is 179 Å². The number of rotatable bonds is 8. The van der Waals surface area contributed by atoms with Gasteiger partial charge in [-0.1, -0.05) is 60.7 Å². The molecule has 2 fully saturated rings. The molecule has 0 radical (unpaired) electrons. The van der Waals surface area contributed by atoms with Crippen molar-refractivity contribution in [3.63, 3.8) is 0 Å². The molecule has 11 heteroatoms. The fourth-order valence-electron chi connectivity index (χ4n) is 4.30. The van der Waals surface area contributed by atoms with Crippen molar-refractivity contribution in [1.29, 1.82) is 0 Å². The van der Waals surface area contributed by atoms with Crippen LogP contribution in [0.4, 0.5) is 0 Å². The van der Waals surface area contributed by atoms with Crippen LogP contribution in [0.3, 0.4) is 0 Å². The van der Waals surface area contributed by atoms with Crippen molar-refractivity contribution in [2.75, 3.05) is 13.2 Å². The summed E-state index contributed by atoms with van der Waals surface area (Å²) in [5.74, 6) is 0. The third-order valence-corrected chi connectivity index (χ3v) is 6.42. The van der Waals surface area contributed by atoms with Gasteiger partial charge in [0.05, 0.1) is 13.2 Å². The normalized spacial score (nSPS) is 37.2. The molecule has 0 bridgehead atoms. The predicted molar refractivity (Wildman–Crippen MR) is 122 cm³/mol. The molecular weight excluding hydrogens is 476 g/mol. The lowest BCUT2D eigenvalue weighted by molar-refractivity contribution is -0.334. The van der Waals surface area contributed by atoms with Crippen molar-refractivity contribution in [1.82, 2.24) is 0 Å². The second kappa shape index (κ2) is 12.0. The Morgan fingerprint density at radius 1 is 0.611 bits per heavy atom. The summed E-state index contributed by atoms with van der Waals surface area (Å²) in [6.07, 6.45) is -15.5. The average Bonchev–Trinajstić information content (AvgIpc) is 2.91. The van der Waals surface area contributed by atoms with E-state index in [0.717, 1.165) is 11.1 Å². The van der Waals surface area contributed by atoms with Crippen LogP contribution in [-0.4, -0.2) is 110 Å². The molecule has 0 amide bonds. The molecule has 0 aliphatic carbocycles. The van der Waals surface area contributed by atoms with Gasteiger partial charge in [-0.2, -0.15) is 0 Å². The van der Waals surface area contributed by atoms with Gasteiger partial charge in [0.1, 0.15) is 54.9 Å². The molecule has 0 spiro atoms. The van der Waals surface area contributed by atoms with E-state index in [0.29, 0.717) is 0 Å². The fraction of sp³-hybridized carbons (Fsp3) is 0.520. The van der Waals surface area contributed by atoms with Gasteiger partial charge >= 0.3 is 0 Å². The van der Waals surface area contributed by atoms with Crippen molar-refractivity contribution >= 4 is 0 Å². The molecule has 2 aliphatic rings. The molecule has 2 saturated heterocycles. The van der Waals surface area contributed by atoms with Gasteiger partial charge in [0.25, 0.3) is 0 Å². The highest BCUT2D eigenvalue weighted by Crippen LogP contribution is 2.32. The van der Waals surface area contributed by atoms with E-state index in [9.17, 15) is 35.7 Å². The van der Waals surface area contributed by atoms with Crippen molar-refractivity contribution in [3.05, 3.63) is 71.8 Å². The number of ether oxygens (including phenoxy) is 4. The van der Waals surface area contributed by atoms with Crippen LogP contribution in [0, 0.1) is 0 Å². The second-order valence-corrected chi connectivity index (χ2v) is 8.88. The van der Waals surface area contributed by atoms with Gasteiger partial charge in [0.2, 0.25) is 0 Å². The SMILES string of the molecule is OC[C@H]1O[C@@H](OC[C@H]2O[C@@H](OC(c3ccccc3)c3ccccc3)[C@H](O)[C@@H](O)[C@@H]2O)[C@H](O)[C@@H](O)[C@@H]1O. The molecule has 11 nitrogen and oxygen atoms in total. The third-order valence-electron chi connectivity index (χ3n) is 6.42. The van der Waals surface area contributed by atoms with Crippen LogP contribution in [-0.2, 0) is 18.9 Å². The number of hydrogen-bond donors (Lipinski definition) is 7. The van der Waals surface area contributed by atoms with E-state index in [-0.39, 0.29) is 0 Å². The number of aliphatic hydroxyl groups excluding tert-OH is 7. The fourth-order valence-corrected chi connectivity index (χ4v) is 4.30. The Kier molecular flexibility index (Phi) is 9.04. The zero-order valence-corrected chi connectivity index (χ0v) is 19.3. The Morgan fingerprint density at radius 3 is 1.61 bits per heavy atom. The quantitative estimate of drug-likeness (QED) is 0.219. The minimum absolute atomic E-state index is 0.436. The molecular formula is C25H32O11. The lowest BCUT2D eigenvalue weighted by Gasteiger charge is -2.43. The number of benzene rings is 2. The number of aliphatic hydroxyl groups is 7. The van der Waals surface area contributed by atoms with E-state index in [2.05, 4.69) is 0 Å². The van der Waals surface area contributed by atoms with Gasteiger partial charge in [-0.05, 0) is 11.1 Å². The van der Waals surface area contributed by atoms with Crippen molar-refractivity contribution in [2.45, 2.75) is 67.5 Å². The van der Waals surface area contributed by atoms with Crippen LogP contribution >= 0.6 is 0 Å². The third kappa shape index (κ3) is 5.77. The zero-order chi connectivity index (χ0) is 25.8. The highest BCUT2D eigenvalue weighted by molar-refractivity contribution is 5.30. The smallest absolute Gasteiger partial charge is 0.187 e. The van der Waals surface area contributed by atoms with Gasteiger partial charge in [0, 0.05) is 0 Å². The predicted octanol–water partition coefficient (Wildman–Crippen LogP) is -1.58. The summed E-state index contributed by atoms with van der Waals surface area (Å²) in [4.78, 5) is 0. The van der Waals surface area contributed by atoms with Crippen molar-refractivity contribution < 1.29 is 54.7 Å². The lowest BCUT2D eigenvalue weighted by Crippen LogP contribution is -2.61. The van der Waals surface area contributed by atoms with Crippen molar-refractivity contribution in [3.8, 4) is 0 Å². The molecule has 198 valence electrons. The molecule has 7 N–H and O–H groups in total. The van der Waals surface area contributed by atoms with Crippen LogP contribution in [0.25, 0.3) is 0 Å². The first kappa shape index (κ1) is 27.0. The Balaban J connectivity index is 1.48. The molecule has 10 atom stereocenters. The van der Waals surface area contributed by atoms with E-state index >= 15 is 0 Å². The Bertz CT molecular complexity index is 891. The Hall–Kier alpha value is -2.00. The van der Waals surface area contributed by atoms with E-state index in [1.165, 1.54) is 0 Å². The molecule has 36 heavy (non-hydrogen) atoms. The summed E-state index contributed by atoms with van der Waals surface area (Å²) in [5.41, 5.74) is 1.54. The van der Waals surface area contributed by atoms with Crippen LogP contribution in [0.5, 0.6) is 0 Å². The maximum atomic E-state index is 10.6. The van der Waals surface area contributed by atoms with Gasteiger partial charge in [0.15, 0.2) is 12.6 Å². The van der Waals surface area contributed by atoms with Crippen LogP contribution in [0.15, 0.2) is 60.7 Å². The van der Waals surface area contributed by atoms with E-state index < -0.39 is 80.7 Å². The van der Waals surface area contributed by atoms with Gasteiger partial charge < -0.3 is 54.7 Å². The van der Waals surface area contributed by atoms with Gasteiger partial charge in [-0.15, -0.1) is 0 Å².